The van der Waals surface area contributed by atoms with Crippen molar-refractivity contribution < 1.29 is 9.32 Å². The highest BCUT2D eigenvalue weighted by Crippen LogP contribution is 2.31. The van der Waals surface area contributed by atoms with Crippen LogP contribution in [-0.2, 0) is 11.3 Å². The predicted molar refractivity (Wildman–Crippen MR) is 90.0 cm³/mol. The highest BCUT2D eigenvalue weighted by molar-refractivity contribution is 5.76. The summed E-state index contributed by atoms with van der Waals surface area (Å²) >= 11 is 0. The molecule has 1 aliphatic heterocycles. The van der Waals surface area contributed by atoms with Crippen molar-refractivity contribution in [2.75, 3.05) is 6.54 Å². The fraction of sp³-hybridized carbons (Fsp3) is 0.588. The Hall–Kier alpha value is -2.51. The smallest absolute Gasteiger partial charge is 0.337 e. The zero-order valence-corrected chi connectivity index (χ0v) is 15.0. The molecular weight excluding hydrogens is 322 g/mol. The van der Waals surface area contributed by atoms with Gasteiger partial charge in [-0.3, -0.25) is 9.36 Å². The lowest BCUT2D eigenvalue weighted by atomic mass is 10.2. The van der Waals surface area contributed by atoms with Crippen LogP contribution in [0.3, 0.4) is 0 Å². The SMILES string of the molecule is Cc1cc(C)n(CC(=O)N2CCC[C@H]2c2nc(C(C)C)no2)c(=O)n1. The maximum Gasteiger partial charge on any atom is 0.348 e. The van der Waals surface area contributed by atoms with Crippen molar-refractivity contribution in [2.45, 2.75) is 59.0 Å². The molecule has 0 spiro atoms. The van der Waals surface area contributed by atoms with E-state index in [1.54, 1.807) is 24.8 Å². The van der Waals surface area contributed by atoms with Gasteiger partial charge in [0.05, 0.1) is 0 Å². The number of carbonyl (C=O) groups is 1. The Morgan fingerprint density at radius 1 is 1.36 bits per heavy atom. The summed E-state index contributed by atoms with van der Waals surface area (Å²) in [6.07, 6.45) is 1.65. The molecule has 1 aliphatic rings. The second-order valence-electron chi connectivity index (χ2n) is 6.80. The second kappa shape index (κ2) is 6.78. The molecular formula is C17H23N5O3. The van der Waals surface area contributed by atoms with Crippen LogP contribution < -0.4 is 5.69 Å². The monoisotopic (exact) mass is 345 g/mol. The Balaban J connectivity index is 1.80. The summed E-state index contributed by atoms with van der Waals surface area (Å²) in [5.74, 6) is 1.15. The number of aromatic nitrogens is 4. The molecule has 1 atom stereocenters. The van der Waals surface area contributed by atoms with Crippen LogP contribution in [0.15, 0.2) is 15.4 Å². The number of carbonyl (C=O) groups excluding carboxylic acids is 1. The standard InChI is InChI=1S/C17H23N5O3/c1-10(2)15-19-16(25-20-15)13-6-5-7-21(13)14(23)9-22-12(4)8-11(3)18-17(22)24/h8,10,13H,5-7,9H2,1-4H3/t13-/m0/s1. The van der Waals surface area contributed by atoms with E-state index in [-0.39, 0.29) is 24.4 Å². The molecule has 0 aliphatic carbocycles. The van der Waals surface area contributed by atoms with Crippen LogP contribution in [0.25, 0.3) is 0 Å². The molecule has 2 aromatic heterocycles. The number of likely N-dealkylation sites (tertiary alicyclic amines) is 1. The topological polar surface area (TPSA) is 94.1 Å². The van der Waals surface area contributed by atoms with E-state index >= 15 is 0 Å². The molecule has 2 aromatic rings. The van der Waals surface area contributed by atoms with Crippen LogP contribution in [0.1, 0.15) is 61.8 Å². The first-order valence-corrected chi connectivity index (χ1v) is 8.55. The average Bonchev–Trinajstić information content (AvgIpc) is 3.18. The van der Waals surface area contributed by atoms with Gasteiger partial charge in [0, 0.05) is 23.9 Å². The molecule has 0 bridgehead atoms. The Morgan fingerprint density at radius 2 is 2.12 bits per heavy atom. The molecule has 3 rings (SSSR count). The summed E-state index contributed by atoms with van der Waals surface area (Å²) < 4.78 is 6.77. The summed E-state index contributed by atoms with van der Waals surface area (Å²) in [5.41, 5.74) is 0.972. The number of hydrogen-bond acceptors (Lipinski definition) is 6. The fourth-order valence-corrected chi connectivity index (χ4v) is 3.13. The average molecular weight is 345 g/mol. The highest BCUT2D eigenvalue weighted by Gasteiger charge is 2.34. The van der Waals surface area contributed by atoms with Gasteiger partial charge in [-0.15, -0.1) is 0 Å². The molecule has 0 saturated carbocycles. The Bertz CT molecular complexity index is 839. The van der Waals surface area contributed by atoms with E-state index in [4.69, 9.17) is 4.52 Å². The summed E-state index contributed by atoms with van der Waals surface area (Å²) in [7, 11) is 0. The van der Waals surface area contributed by atoms with E-state index in [9.17, 15) is 9.59 Å². The molecule has 1 fully saturated rings. The summed E-state index contributed by atoms with van der Waals surface area (Å²) in [6, 6.07) is 1.57. The minimum atomic E-state index is -0.401. The van der Waals surface area contributed by atoms with Gasteiger partial charge in [-0.1, -0.05) is 19.0 Å². The minimum Gasteiger partial charge on any atom is -0.337 e. The van der Waals surface area contributed by atoms with Crippen molar-refractivity contribution in [1.29, 1.82) is 0 Å². The van der Waals surface area contributed by atoms with Crippen LogP contribution in [0, 0.1) is 13.8 Å². The van der Waals surface area contributed by atoms with E-state index in [1.807, 2.05) is 13.8 Å². The zero-order valence-electron chi connectivity index (χ0n) is 15.0. The number of hydrogen-bond donors (Lipinski definition) is 0. The summed E-state index contributed by atoms with van der Waals surface area (Å²) in [4.78, 5) is 34.9. The lowest BCUT2D eigenvalue weighted by Crippen LogP contribution is -2.37. The molecule has 0 radical (unpaired) electrons. The quantitative estimate of drug-likeness (QED) is 0.837. The van der Waals surface area contributed by atoms with Gasteiger partial charge in [0.25, 0.3) is 0 Å². The van der Waals surface area contributed by atoms with E-state index in [0.29, 0.717) is 24.0 Å². The van der Waals surface area contributed by atoms with E-state index < -0.39 is 5.69 Å². The van der Waals surface area contributed by atoms with E-state index in [0.717, 1.165) is 18.5 Å². The van der Waals surface area contributed by atoms with Crippen LogP contribution in [0.2, 0.25) is 0 Å². The van der Waals surface area contributed by atoms with Gasteiger partial charge in [0.1, 0.15) is 12.6 Å². The third kappa shape index (κ3) is 3.47. The molecule has 0 aromatic carbocycles. The van der Waals surface area contributed by atoms with Gasteiger partial charge in [-0.25, -0.2) is 4.79 Å². The van der Waals surface area contributed by atoms with Crippen molar-refractivity contribution >= 4 is 5.91 Å². The van der Waals surface area contributed by atoms with Crippen molar-refractivity contribution in [2.24, 2.45) is 0 Å². The first-order chi connectivity index (χ1) is 11.9. The number of aryl methyl sites for hydroxylation is 2. The Morgan fingerprint density at radius 3 is 2.76 bits per heavy atom. The van der Waals surface area contributed by atoms with Gasteiger partial charge >= 0.3 is 5.69 Å². The maximum absolute atomic E-state index is 12.8. The van der Waals surface area contributed by atoms with Gasteiger partial charge in [0.15, 0.2) is 5.82 Å². The molecule has 0 unspecified atom stereocenters. The Labute approximate surface area is 145 Å². The van der Waals surface area contributed by atoms with Gasteiger partial charge in [-0.2, -0.15) is 9.97 Å². The first-order valence-electron chi connectivity index (χ1n) is 8.55. The molecule has 134 valence electrons. The number of nitrogens with zero attached hydrogens (tertiary/aromatic N) is 5. The van der Waals surface area contributed by atoms with Crippen LogP contribution in [-0.4, -0.2) is 37.0 Å². The molecule has 1 amide bonds. The maximum atomic E-state index is 12.8. The van der Waals surface area contributed by atoms with Crippen molar-refractivity contribution in [3.8, 4) is 0 Å². The summed E-state index contributed by atoms with van der Waals surface area (Å²) in [6.45, 7) is 8.14. The van der Waals surface area contributed by atoms with Gasteiger partial charge < -0.3 is 9.42 Å². The lowest BCUT2D eigenvalue weighted by molar-refractivity contribution is -0.133. The van der Waals surface area contributed by atoms with Crippen LogP contribution >= 0.6 is 0 Å². The predicted octanol–water partition coefficient (Wildman–Crippen LogP) is 1.73. The molecule has 8 nitrogen and oxygen atoms in total. The molecule has 25 heavy (non-hydrogen) atoms. The van der Waals surface area contributed by atoms with Crippen LogP contribution in [0.4, 0.5) is 0 Å². The van der Waals surface area contributed by atoms with E-state index in [2.05, 4.69) is 15.1 Å². The zero-order chi connectivity index (χ0) is 18.1. The third-order valence-corrected chi connectivity index (χ3v) is 4.47. The Kier molecular flexibility index (Phi) is 4.69. The molecule has 0 N–H and O–H groups in total. The van der Waals surface area contributed by atoms with Crippen LogP contribution in [0.5, 0.6) is 0 Å². The lowest BCUT2D eigenvalue weighted by Gasteiger charge is -2.22. The number of amides is 1. The van der Waals surface area contributed by atoms with Gasteiger partial charge in [-0.05, 0) is 32.8 Å². The fourth-order valence-electron chi connectivity index (χ4n) is 3.13. The molecule has 3 heterocycles. The minimum absolute atomic E-state index is 0.0282. The van der Waals surface area contributed by atoms with Crippen molar-refractivity contribution in [1.82, 2.24) is 24.6 Å². The van der Waals surface area contributed by atoms with Gasteiger partial charge in [0.2, 0.25) is 11.8 Å². The first kappa shape index (κ1) is 17.3. The highest BCUT2D eigenvalue weighted by atomic mass is 16.5. The van der Waals surface area contributed by atoms with E-state index in [1.165, 1.54) is 4.57 Å². The van der Waals surface area contributed by atoms with Crippen molar-refractivity contribution in [3.05, 3.63) is 39.7 Å². The largest absolute Gasteiger partial charge is 0.348 e. The number of rotatable bonds is 4. The normalized spacial score (nSPS) is 17.5. The van der Waals surface area contributed by atoms with Crippen molar-refractivity contribution in [3.63, 3.8) is 0 Å². The molecule has 1 saturated heterocycles. The summed E-state index contributed by atoms with van der Waals surface area (Å²) in [5, 5.41) is 3.99. The molecule has 8 heteroatoms. The second-order valence-corrected chi connectivity index (χ2v) is 6.80. The third-order valence-electron chi connectivity index (χ3n) is 4.47.